The number of aryl methyl sites for hydroxylation is 2. The molecule has 0 bridgehead atoms. The lowest BCUT2D eigenvalue weighted by atomic mass is 9.88. The number of benzene rings is 1. The van der Waals surface area contributed by atoms with Crippen LogP contribution in [0.2, 0.25) is 0 Å². The van der Waals surface area contributed by atoms with E-state index in [1.165, 1.54) is 0 Å². The third kappa shape index (κ3) is 3.85. The van der Waals surface area contributed by atoms with E-state index in [2.05, 4.69) is 10.1 Å². The Labute approximate surface area is 197 Å². The van der Waals surface area contributed by atoms with Crippen LogP contribution in [0.1, 0.15) is 39.3 Å². The highest BCUT2D eigenvalue weighted by molar-refractivity contribution is 6.07. The van der Waals surface area contributed by atoms with E-state index in [1.807, 2.05) is 24.9 Å². The molecule has 174 valence electrons. The molecule has 34 heavy (non-hydrogen) atoms. The molecule has 1 aromatic carbocycles. The maximum Gasteiger partial charge on any atom is 0.254 e. The van der Waals surface area contributed by atoms with Crippen molar-refractivity contribution >= 4 is 22.7 Å². The van der Waals surface area contributed by atoms with Gasteiger partial charge >= 0.3 is 0 Å². The monoisotopic (exact) mass is 458 g/mol. The van der Waals surface area contributed by atoms with Gasteiger partial charge in [0.15, 0.2) is 17.2 Å². The third-order valence-electron chi connectivity index (χ3n) is 6.50. The average molecular weight is 459 g/mol. The number of likely N-dealkylation sites (tertiary alicyclic amines) is 1. The van der Waals surface area contributed by atoms with E-state index in [0.717, 1.165) is 16.8 Å². The van der Waals surface area contributed by atoms with Crippen LogP contribution < -0.4 is 4.74 Å². The molecule has 8 nitrogen and oxygen atoms in total. The first-order valence-corrected chi connectivity index (χ1v) is 11.3. The Hall–Kier alpha value is -3.94. The lowest BCUT2D eigenvalue weighted by Crippen LogP contribution is -2.40. The van der Waals surface area contributed by atoms with Gasteiger partial charge in [-0.15, -0.1) is 0 Å². The number of fused-ring (bicyclic) bond motifs is 1. The smallest absolute Gasteiger partial charge is 0.254 e. The van der Waals surface area contributed by atoms with E-state index in [1.54, 1.807) is 54.5 Å². The number of nitrogens with zero attached hydrogens (tertiary/aromatic N) is 4. The van der Waals surface area contributed by atoms with Gasteiger partial charge in [0, 0.05) is 31.6 Å². The minimum atomic E-state index is -0.103. The first-order chi connectivity index (χ1) is 16.5. The maximum atomic E-state index is 13.6. The average Bonchev–Trinajstić information content (AvgIpc) is 3.51. The predicted molar refractivity (Wildman–Crippen MR) is 127 cm³/mol. The van der Waals surface area contributed by atoms with Crippen molar-refractivity contribution in [1.82, 2.24) is 19.7 Å². The lowest BCUT2D eigenvalue weighted by molar-refractivity contribution is 0.0652. The lowest BCUT2D eigenvalue weighted by Gasteiger charge is -2.31. The highest BCUT2D eigenvalue weighted by Crippen LogP contribution is 2.30. The Morgan fingerprint density at radius 1 is 1.12 bits per heavy atom. The number of piperidine rings is 1. The van der Waals surface area contributed by atoms with E-state index in [0.29, 0.717) is 54.2 Å². The van der Waals surface area contributed by atoms with Gasteiger partial charge in [-0.25, -0.2) is 4.98 Å². The largest absolute Gasteiger partial charge is 0.497 e. The number of carbonyl (C=O) groups is 2. The third-order valence-corrected chi connectivity index (χ3v) is 6.50. The van der Waals surface area contributed by atoms with Crippen molar-refractivity contribution in [3.05, 3.63) is 65.5 Å². The zero-order valence-corrected chi connectivity index (χ0v) is 19.4. The van der Waals surface area contributed by atoms with Gasteiger partial charge in [0.05, 0.1) is 30.0 Å². The molecule has 1 saturated heterocycles. The van der Waals surface area contributed by atoms with Crippen molar-refractivity contribution in [2.45, 2.75) is 19.8 Å². The summed E-state index contributed by atoms with van der Waals surface area (Å²) >= 11 is 0. The fourth-order valence-electron chi connectivity index (χ4n) is 4.67. The molecule has 3 aromatic heterocycles. The molecule has 1 fully saturated rings. The van der Waals surface area contributed by atoms with Crippen LogP contribution in [0.3, 0.4) is 0 Å². The van der Waals surface area contributed by atoms with E-state index in [4.69, 9.17) is 9.15 Å². The second-order valence-corrected chi connectivity index (χ2v) is 8.60. The van der Waals surface area contributed by atoms with E-state index < -0.39 is 0 Å². The Bertz CT molecular complexity index is 1350. The van der Waals surface area contributed by atoms with Crippen molar-refractivity contribution in [3.8, 4) is 17.2 Å². The number of pyridine rings is 1. The number of aromatic nitrogens is 3. The number of amides is 1. The van der Waals surface area contributed by atoms with Crippen LogP contribution in [0.25, 0.3) is 22.5 Å². The summed E-state index contributed by atoms with van der Waals surface area (Å²) in [5.74, 6) is 1.25. The molecule has 4 aromatic rings. The van der Waals surface area contributed by atoms with Crippen LogP contribution >= 0.6 is 0 Å². The Kier molecular flexibility index (Phi) is 5.65. The summed E-state index contributed by atoms with van der Waals surface area (Å²) < 4.78 is 12.4. The fraction of sp³-hybridized carbons (Fsp3) is 0.308. The van der Waals surface area contributed by atoms with E-state index in [-0.39, 0.29) is 17.6 Å². The number of carbonyl (C=O) groups excluding carboxylic acids is 2. The van der Waals surface area contributed by atoms with Gasteiger partial charge in [-0.1, -0.05) is 0 Å². The first kappa shape index (κ1) is 21.9. The molecule has 0 N–H and O–H groups in total. The zero-order chi connectivity index (χ0) is 23.8. The Morgan fingerprint density at radius 2 is 1.85 bits per heavy atom. The van der Waals surface area contributed by atoms with Crippen LogP contribution in [-0.2, 0) is 7.05 Å². The second-order valence-electron chi connectivity index (χ2n) is 8.60. The molecule has 0 radical (unpaired) electrons. The molecule has 4 heterocycles. The first-order valence-electron chi connectivity index (χ1n) is 11.3. The molecular formula is C26H26N4O4. The van der Waals surface area contributed by atoms with Gasteiger partial charge in [0.1, 0.15) is 11.4 Å². The number of ether oxygens (including phenoxy) is 1. The van der Waals surface area contributed by atoms with Gasteiger partial charge in [-0.3, -0.25) is 14.3 Å². The topological polar surface area (TPSA) is 90.5 Å². The SMILES string of the molecule is COc1ccc(C(=O)C2CCN(C(=O)c3cc(-c4ccco4)nc4c3c(C)nn4C)CC2)cc1. The highest BCUT2D eigenvalue weighted by Gasteiger charge is 2.30. The van der Waals surface area contributed by atoms with Crippen LogP contribution in [0, 0.1) is 12.8 Å². The second kappa shape index (κ2) is 8.78. The van der Waals surface area contributed by atoms with Crippen LogP contribution in [0.15, 0.2) is 53.1 Å². The molecule has 0 unspecified atom stereocenters. The van der Waals surface area contributed by atoms with Gasteiger partial charge in [0.2, 0.25) is 0 Å². The molecule has 0 atom stereocenters. The summed E-state index contributed by atoms with van der Waals surface area (Å²) in [6.07, 6.45) is 2.84. The van der Waals surface area contributed by atoms with Crippen molar-refractivity contribution in [2.75, 3.05) is 20.2 Å². The van der Waals surface area contributed by atoms with Gasteiger partial charge in [-0.2, -0.15) is 5.10 Å². The van der Waals surface area contributed by atoms with Crippen LogP contribution in [0.4, 0.5) is 0 Å². The summed E-state index contributed by atoms with van der Waals surface area (Å²) in [6.45, 7) is 2.92. The molecule has 0 spiro atoms. The van der Waals surface area contributed by atoms with Gasteiger partial charge in [-0.05, 0) is 62.2 Å². The van der Waals surface area contributed by atoms with Gasteiger partial charge < -0.3 is 14.1 Å². The number of hydrogen-bond acceptors (Lipinski definition) is 6. The minimum absolute atomic E-state index is 0.0772. The van der Waals surface area contributed by atoms with E-state index >= 15 is 0 Å². The molecule has 5 rings (SSSR count). The summed E-state index contributed by atoms with van der Waals surface area (Å²) in [4.78, 5) is 33.1. The fourth-order valence-corrected chi connectivity index (χ4v) is 4.67. The standard InChI is InChI=1S/C26H26N4O4/c1-16-23-20(15-21(22-5-4-14-34-22)27-25(23)29(2)28-16)26(32)30-12-10-18(11-13-30)24(31)17-6-8-19(33-3)9-7-17/h4-9,14-15,18H,10-13H2,1-3H3. The number of hydrogen-bond donors (Lipinski definition) is 0. The number of rotatable bonds is 5. The number of ketones is 1. The summed E-state index contributed by atoms with van der Waals surface area (Å²) in [6, 6.07) is 12.6. The molecule has 1 amide bonds. The molecule has 0 saturated carbocycles. The summed E-state index contributed by atoms with van der Waals surface area (Å²) in [7, 11) is 3.42. The quantitative estimate of drug-likeness (QED) is 0.415. The molecule has 8 heteroatoms. The predicted octanol–water partition coefficient (Wildman–Crippen LogP) is 4.28. The van der Waals surface area contributed by atoms with Crippen molar-refractivity contribution in [3.63, 3.8) is 0 Å². The Balaban J connectivity index is 1.38. The number of furan rings is 1. The highest BCUT2D eigenvalue weighted by atomic mass is 16.5. The van der Waals surface area contributed by atoms with Crippen LogP contribution in [0.5, 0.6) is 5.75 Å². The molecule has 1 aliphatic heterocycles. The number of methoxy groups -OCH3 is 1. The molecule has 0 aliphatic carbocycles. The van der Waals surface area contributed by atoms with Crippen LogP contribution in [-0.4, -0.2) is 51.6 Å². The van der Waals surface area contributed by atoms with Crippen molar-refractivity contribution in [2.24, 2.45) is 13.0 Å². The van der Waals surface area contributed by atoms with Crippen molar-refractivity contribution in [1.29, 1.82) is 0 Å². The summed E-state index contributed by atoms with van der Waals surface area (Å²) in [5, 5.41) is 5.23. The maximum absolute atomic E-state index is 13.6. The molecular weight excluding hydrogens is 432 g/mol. The normalized spacial score (nSPS) is 14.5. The van der Waals surface area contributed by atoms with Gasteiger partial charge in [0.25, 0.3) is 5.91 Å². The molecule has 1 aliphatic rings. The number of Topliss-reactive ketones (excluding diaryl/α,β-unsaturated/α-hetero) is 1. The Morgan fingerprint density at radius 3 is 2.50 bits per heavy atom. The zero-order valence-electron chi connectivity index (χ0n) is 19.4. The summed E-state index contributed by atoms with van der Waals surface area (Å²) in [5.41, 5.74) is 3.22. The van der Waals surface area contributed by atoms with Crippen molar-refractivity contribution < 1.29 is 18.7 Å². The van der Waals surface area contributed by atoms with E-state index in [9.17, 15) is 9.59 Å². The minimum Gasteiger partial charge on any atom is -0.497 e.